The van der Waals surface area contributed by atoms with Crippen molar-refractivity contribution >= 4 is 29.2 Å². The van der Waals surface area contributed by atoms with Gasteiger partial charge in [0.05, 0.1) is 4.90 Å². The van der Waals surface area contributed by atoms with Crippen LogP contribution < -0.4 is 5.73 Å². The first-order valence-electron chi connectivity index (χ1n) is 5.86. The molecule has 2 rings (SSSR count). The van der Waals surface area contributed by atoms with Gasteiger partial charge >= 0.3 is 0 Å². The molecule has 0 saturated carbocycles. The fraction of sp³-hybridized carbons (Fsp3) is 0.0714. The second kappa shape index (κ2) is 6.78. The number of thioether (sulfide) groups is 1. The number of halogens is 3. The van der Waals surface area contributed by atoms with Gasteiger partial charge in [0.15, 0.2) is 5.84 Å². The normalized spacial score (nSPS) is 11.7. The second-order valence-corrected chi connectivity index (χ2v) is 5.53. The molecule has 0 fully saturated rings. The van der Waals surface area contributed by atoms with Gasteiger partial charge in [-0.2, -0.15) is 0 Å². The third kappa shape index (κ3) is 3.65. The van der Waals surface area contributed by atoms with Crippen molar-refractivity contribution in [1.82, 2.24) is 0 Å². The molecule has 2 aromatic carbocycles. The molecule has 3 nitrogen and oxygen atoms in total. The number of nitrogens with zero attached hydrogens (tertiary/aromatic N) is 1. The molecule has 0 bridgehead atoms. The molecule has 0 radical (unpaired) electrons. The molecule has 0 unspecified atom stereocenters. The number of rotatable bonds is 4. The van der Waals surface area contributed by atoms with Gasteiger partial charge in [0.1, 0.15) is 11.6 Å². The minimum atomic E-state index is -0.770. The summed E-state index contributed by atoms with van der Waals surface area (Å²) in [4.78, 5) is -0.135. The van der Waals surface area contributed by atoms with E-state index in [2.05, 4.69) is 5.16 Å². The maximum Gasteiger partial charge on any atom is 0.170 e. The van der Waals surface area contributed by atoms with Crippen LogP contribution in [0, 0.1) is 11.6 Å². The summed E-state index contributed by atoms with van der Waals surface area (Å²) in [6, 6.07) is 9.13. The van der Waals surface area contributed by atoms with E-state index in [1.54, 1.807) is 24.3 Å². The molecule has 110 valence electrons. The zero-order valence-electron chi connectivity index (χ0n) is 10.7. The van der Waals surface area contributed by atoms with Crippen molar-refractivity contribution in [2.24, 2.45) is 10.9 Å². The van der Waals surface area contributed by atoms with Gasteiger partial charge in [-0.05, 0) is 23.8 Å². The van der Waals surface area contributed by atoms with Gasteiger partial charge in [-0.25, -0.2) is 8.78 Å². The van der Waals surface area contributed by atoms with Crippen molar-refractivity contribution in [2.45, 2.75) is 10.6 Å². The highest BCUT2D eigenvalue weighted by atomic mass is 35.5. The Kier molecular flexibility index (Phi) is 5.03. The summed E-state index contributed by atoms with van der Waals surface area (Å²) in [6.07, 6.45) is 0. The van der Waals surface area contributed by atoms with E-state index in [-0.39, 0.29) is 16.3 Å². The van der Waals surface area contributed by atoms with Gasteiger partial charge in [-0.1, -0.05) is 35.0 Å². The summed E-state index contributed by atoms with van der Waals surface area (Å²) in [7, 11) is 0. The van der Waals surface area contributed by atoms with Crippen LogP contribution in [0.4, 0.5) is 8.78 Å². The Labute approximate surface area is 129 Å². The lowest BCUT2D eigenvalue weighted by molar-refractivity contribution is 0.318. The molecule has 3 N–H and O–H groups in total. The highest BCUT2D eigenvalue weighted by Gasteiger charge is 2.14. The van der Waals surface area contributed by atoms with Gasteiger partial charge in [0.25, 0.3) is 0 Å². The number of amidine groups is 1. The van der Waals surface area contributed by atoms with Crippen LogP contribution in [0.1, 0.15) is 11.1 Å². The number of hydrogen-bond acceptors (Lipinski definition) is 3. The van der Waals surface area contributed by atoms with Crippen LogP contribution in [-0.4, -0.2) is 11.0 Å². The topological polar surface area (TPSA) is 58.6 Å². The summed E-state index contributed by atoms with van der Waals surface area (Å²) in [5.74, 6) is -1.56. The number of hydrogen-bond donors (Lipinski definition) is 2. The fourth-order valence-corrected chi connectivity index (χ4v) is 2.90. The minimum Gasteiger partial charge on any atom is -0.409 e. The molecule has 0 heterocycles. The van der Waals surface area contributed by atoms with Crippen LogP contribution in [0.2, 0.25) is 5.02 Å². The Bertz CT molecular complexity index is 671. The van der Waals surface area contributed by atoms with Crippen LogP contribution in [-0.2, 0) is 5.75 Å². The molecule has 0 aliphatic rings. The first kappa shape index (κ1) is 15.6. The third-order valence-corrected chi connectivity index (χ3v) is 4.23. The summed E-state index contributed by atoms with van der Waals surface area (Å²) >= 11 is 6.99. The maximum absolute atomic E-state index is 13.9. The van der Waals surface area contributed by atoms with Crippen LogP contribution >= 0.6 is 23.4 Å². The SMILES string of the molecule is N/C(=N/O)c1cc(F)c(SCc2ccccc2Cl)c(F)c1. The van der Waals surface area contributed by atoms with Gasteiger partial charge in [-0.3, -0.25) is 0 Å². The van der Waals surface area contributed by atoms with E-state index in [9.17, 15) is 8.78 Å². The lowest BCUT2D eigenvalue weighted by Gasteiger charge is -2.08. The molecule has 0 aliphatic heterocycles. The zero-order valence-corrected chi connectivity index (χ0v) is 12.3. The number of nitrogens with two attached hydrogens (primary N) is 1. The van der Waals surface area contributed by atoms with Crippen LogP contribution in [0.3, 0.4) is 0 Å². The first-order valence-corrected chi connectivity index (χ1v) is 7.22. The van der Waals surface area contributed by atoms with Crippen LogP contribution in [0.5, 0.6) is 0 Å². The van der Waals surface area contributed by atoms with Gasteiger partial charge in [-0.15, -0.1) is 11.8 Å². The fourth-order valence-electron chi connectivity index (χ4n) is 1.67. The van der Waals surface area contributed by atoms with Crippen molar-refractivity contribution in [3.63, 3.8) is 0 Å². The van der Waals surface area contributed by atoms with Crippen LogP contribution in [0.25, 0.3) is 0 Å². The molecule has 0 amide bonds. The molecule has 0 aliphatic carbocycles. The molecule has 0 spiro atoms. The molecule has 0 atom stereocenters. The minimum absolute atomic E-state index is 0.0189. The van der Waals surface area contributed by atoms with E-state index >= 15 is 0 Å². The smallest absolute Gasteiger partial charge is 0.170 e. The predicted molar refractivity (Wildman–Crippen MR) is 79.9 cm³/mol. The molecule has 0 saturated heterocycles. The summed E-state index contributed by atoms with van der Waals surface area (Å²) in [5.41, 5.74) is 6.07. The molecule has 2 aromatic rings. The van der Waals surface area contributed by atoms with Crippen LogP contribution in [0.15, 0.2) is 46.4 Å². The standard InChI is InChI=1S/C14H11ClF2N2OS/c15-10-4-2-1-3-8(10)7-21-13-11(16)5-9(6-12(13)17)14(18)19-20/h1-6,20H,7H2,(H2,18,19). The summed E-state index contributed by atoms with van der Waals surface area (Å²) < 4.78 is 27.8. The average Bonchev–Trinajstić information content (AvgIpc) is 2.47. The second-order valence-electron chi connectivity index (χ2n) is 4.13. The Hall–Kier alpha value is -1.79. The zero-order chi connectivity index (χ0) is 15.4. The van der Waals surface area contributed by atoms with E-state index in [1.165, 1.54) is 0 Å². The number of oxime groups is 1. The lowest BCUT2D eigenvalue weighted by atomic mass is 10.2. The Morgan fingerprint density at radius 3 is 2.43 bits per heavy atom. The number of benzene rings is 2. The van der Waals surface area contributed by atoms with Crippen molar-refractivity contribution in [1.29, 1.82) is 0 Å². The largest absolute Gasteiger partial charge is 0.409 e. The van der Waals surface area contributed by atoms with Gasteiger partial charge in [0, 0.05) is 16.3 Å². The van der Waals surface area contributed by atoms with Gasteiger partial charge in [0.2, 0.25) is 0 Å². The molecule has 21 heavy (non-hydrogen) atoms. The van der Waals surface area contributed by atoms with E-state index in [0.717, 1.165) is 29.5 Å². The molecule has 7 heteroatoms. The van der Waals surface area contributed by atoms with Gasteiger partial charge < -0.3 is 10.9 Å². The lowest BCUT2D eigenvalue weighted by Crippen LogP contribution is -2.14. The maximum atomic E-state index is 13.9. The summed E-state index contributed by atoms with van der Waals surface area (Å²) in [6.45, 7) is 0. The highest BCUT2D eigenvalue weighted by molar-refractivity contribution is 7.98. The average molecular weight is 329 g/mol. The Morgan fingerprint density at radius 2 is 1.86 bits per heavy atom. The third-order valence-electron chi connectivity index (χ3n) is 2.73. The molecular weight excluding hydrogens is 318 g/mol. The monoisotopic (exact) mass is 328 g/mol. The van der Waals surface area contributed by atoms with Crippen molar-refractivity contribution in [2.75, 3.05) is 0 Å². The van der Waals surface area contributed by atoms with Crippen molar-refractivity contribution < 1.29 is 14.0 Å². The van der Waals surface area contributed by atoms with E-state index < -0.39 is 11.6 Å². The van der Waals surface area contributed by atoms with E-state index in [1.807, 2.05) is 0 Å². The molecular formula is C14H11ClF2N2OS. The first-order chi connectivity index (χ1) is 10.0. The highest BCUT2D eigenvalue weighted by Crippen LogP contribution is 2.31. The Balaban J connectivity index is 2.23. The van der Waals surface area contributed by atoms with Crippen molar-refractivity contribution in [3.8, 4) is 0 Å². The summed E-state index contributed by atoms with van der Waals surface area (Å²) in [5, 5.41) is 11.8. The Morgan fingerprint density at radius 1 is 1.24 bits per heavy atom. The van der Waals surface area contributed by atoms with E-state index in [4.69, 9.17) is 22.5 Å². The van der Waals surface area contributed by atoms with Crippen molar-refractivity contribution in [3.05, 3.63) is 64.2 Å². The quantitative estimate of drug-likeness (QED) is 0.293. The van der Waals surface area contributed by atoms with E-state index in [0.29, 0.717) is 10.8 Å². The predicted octanol–water partition coefficient (Wildman–Crippen LogP) is 4.01. The molecule has 0 aromatic heterocycles.